The molecule has 4 heterocycles. The molecule has 0 saturated heterocycles. The van der Waals surface area contributed by atoms with Gasteiger partial charge in [0.05, 0.1) is 11.0 Å². The SMILES string of the molecule is c1ccc(-c2ccc(-c3nc(-c4ccccc4)nc(-c4cccc5sc6ccc(-c7ccc8c(c7)c7c9sc%10ccccc%10c9ccc7n8-c7ccccc7)cc6c45)n3)cc2)cc1. The first-order valence-corrected chi connectivity index (χ1v) is 22.7. The standard InChI is InChI=1S/C57H34N4S2/c1-4-13-35(14-5-1)36-23-25-38(26-24-36)56-58-55(37-15-6-2-7-16-37)59-57(60-56)44-20-12-22-51-52(44)46-34-40(28-32-50(46)62-51)39-27-30-47-45(33-39)53-48(61(47)41-17-8-3-9-18-41)31-29-43-42-19-10-11-21-49(42)63-54(43)53/h1-34H. The van der Waals surface area contributed by atoms with Crippen molar-refractivity contribution in [2.24, 2.45) is 0 Å². The lowest BCUT2D eigenvalue weighted by molar-refractivity contribution is 1.08. The van der Waals surface area contributed by atoms with E-state index in [0.717, 1.165) is 33.3 Å². The highest BCUT2D eigenvalue weighted by Gasteiger charge is 2.20. The highest BCUT2D eigenvalue weighted by molar-refractivity contribution is 7.27. The molecule has 0 radical (unpaired) electrons. The van der Waals surface area contributed by atoms with Crippen LogP contribution < -0.4 is 0 Å². The summed E-state index contributed by atoms with van der Waals surface area (Å²) in [5.74, 6) is 1.95. The topological polar surface area (TPSA) is 43.6 Å². The Bertz CT molecular complexity index is 3890. The summed E-state index contributed by atoms with van der Waals surface area (Å²) in [4.78, 5) is 15.5. The van der Waals surface area contributed by atoms with E-state index in [1.54, 1.807) is 0 Å². The van der Waals surface area contributed by atoms with E-state index in [2.05, 4.69) is 187 Å². The second-order valence-electron chi connectivity index (χ2n) is 15.9. The van der Waals surface area contributed by atoms with E-state index in [0.29, 0.717) is 17.5 Å². The van der Waals surface area contributed by atoms with Gasteiger partial charge in [-0.15, -0.1) is 22.7 Å². The first-order chi connectivity index (χ1) is 31.2. The van der Waals surface area contributed by atoms with Gasteiger partial charge in [-0.05, 0) is 76.9 Å². The monoisotopic (exact) mass is 838 g/mol. The van der Waals surface area contributed by atoms with Gasteiger partial charge in [0.1, 0.15) is 0 Å². The van der Waals surface area contributed by atoms with Crippen LogP contribution in [0.5, 0.6) is 0 Å². The van der Waals surface area contributed by atoms with Gasteiger partial charge in [0.2, 0.25) is 0 Å². The Hall–Kier alpha value is -7.77. The van der Waals surface area contributed by atoms with E-state index >= 15 is 0 Å². The van der Waals surface area contributed by atoms with Crippen LogP contribution in [-0.2, 0) is 0 Å². The number of hydrogen-bond acceptors (Lipinski definition) is 5. The summed E-state index contributed by atoms with van der Waals surface area (Å²) in [6.07, 6.45) is 0. The van der Waals surface area contributed by atoms with Crippen molar-refractivity contribution in [2.45, 2.75) is 0 Å². The second kappa shape index (κ2) is 14.4. The fraction of sp³-hybridized carbons (Fsp3) is 0. The minimum Gasteiger partial charge on any atom is -0.309 e. The van der Waals surface area contributed by atoms with Crippen LogP contribution in [0.1, 0.15) is 0 Å². The maximum atomic E-state index is 5.23. The highest BCUT2D eigenvalue weighted by atomic mass is 32.1. The van der Waals surface area contributed by atoms with Crippen LogP contribution in [0, 0.1) is 0 Å². The summed E-state index contributed by atoms with van der Waals surface area (Å²) in [5.41, 5.74) is 11.1. The van der Waals surface area contributed by atoms with Crippen LogP contribution >= 0.6 is 22.7 Å². The average Bonchev–Trinajstić information content (AvgIpc) is 4.04. The summed E-state index contributed by atoms with van der Waals surface area (Å²) >= 11 is 3.70. The van der Waals surface area contributed by atoms with Crippen molar-refractivity contribution < 1.29 is 0 Å². The number of hydrogen-bond donors (Lipinski definition) is 0. The summed E-state index contributed by atoms with van der Waals surface area (Å²) in [6.45, 7) is 0. The van der Waals surface area contributed by atoms with E-state index in [4.69, 9.17) is 15.0 Å². The van der Waals surface area contributed by atoms with Crippen LogP contribution in [0.4, 0.5) is 0 Å². The molecule has 4 nitrogen and oxygen atoms in total. The lowest BCUT2D eigenvalue weighted by Gasteiger charge is -2.10. The molecule has 0 unspecified atom stereocenters. The maximum Gasteiger partial charge on any atom is 0.164 e. The van der Waals surface area contributed by atoms with Gasteiger partial charge >= 0.3 is 0 Å². The molecule has 0 saturated carbocycles. The smallest absolute Gasteiger partial charge is 0.164 e. The Kier molecular flexibility index (Phi) is 8.22. The van der Waals surface area contributed by atoms with Crippen molar-refractivity contribution in [1.29, 1.82) is 0 Å². The molecular weight excluding hydrogens is 805 g/mol. The lowest BCUT2D eigenvalue weighted by Crippen LogP contribution is -2.00. The number of benzene rings is 9. The lowest BCUT2D eigenvalue weighted by atomic mass is 9.99. The first-order valence-electron chi connectivity index (χ1n) is 21.1. The molecule has 63 heavy (non-hydrogen) atoms. The van der Waals surface area contributed by atoms with Crippen molar-refractivity contribution in [2.75, 3.05) is 0 Å². The van der Waals surface area contributed by atoms with Crippen molar-refractivity contribution in [1.82, 2.24) is 19.5 Å². The first kappa shape index (κ1) is 35.9. The van der Waals surface area contributed by atoms with E-state index < -0.39 is 0 Å². The zero-order chi connectivity index (χ0) is 41.4. The Morgan fingerprint density at radius 2 is 0.873 bits per heavy atom. The maximum absolute atomic E-state index is 5.23. The van der Waals surface area contributed by atoms with E-state index in [-0.39, 0.29) is 0 Å². The average molecular weight is 839 g/mol. The predicted octanol–water partition coefficient (Wildman–Crippen LogP) is 16.0. The van der Waals surface area contributed by atoms with Gasteiger partial charge in [-0.25, -0.2) is 15.0 Å². The third kappa shape index (κ3) is 5.91. The zero-order valence-electron chi connectivity index (χ0n) is 33.7. The molecule has 0 bridgehead atoms. The molecule has 0 amide bonds. The predicted molar refractivity (Wildman–Crippen MR) is 267 cm³/mol. The van der Waals surface area contributed by atoms with Crippen molar-refractivity contribution >= 4 is 84.8 Å². The van der Waals surface area contributed by atoms with E-state index in [1.165, 1.54) is 73.5 Å². The van der Waals surface area contributed by atoms with Crippen molar-refractivity contribution in [3.05, 3.63) is 206 Å². The molecule has 0 atom stereocenters. The number of fused-ring (bicyclic) bond motifs is 10. The molecule has 13 aromatic rings. The molecule has 13 rings (SSSR count). The van der Waals surface area contributed by atoms with Crippen LogP contribution in [0.25, 0.3) is 124 Å². The minimum absolute atomic E-state index is 0.645. The molecule has 4 aromatic heterocycles. The Balaban J connectivity index is 0.991. The molecule has 0 aliphatic carbocycles. The van der Waals surface area contributed by atoms with E-state index in [9.17, 15) is 0 Å². The molecular formula is C57H34N4S2. The third-order valence-corrected chi connectivity index (χ3v) is 14.6. The van der Waals surface area contributed by atoms with Crippen molar-refractivity contribution in [3.8, 4) is 62.1 Å². The number of thiophene rings is 2. The van der Waals surface area contributed by atoms with Gasteiger partial charge in [0.15, 0.2) is 17.5 Å². The van der Waals surface area contributed by atoms with Gasteiger partial charge in [0, 0.05) is 73.5 Å². The fourth-order valence-electron chi connectivity index (χ4n) is 9.30. The largest absolute Gasteiger partial charge is 0.309 e. The van der Waals surface area contributed by atoms with Crippen LogP contribution in [0.3, 0.4) is 0 Å². The molecule has 6 heteroatoms. The quantitative estimate of drug-likeness (QED) is 0.168. The zero-order valence-corrected chi connectivity index (χ0v) is 35.4. The third-order valence-electron chi connectivity index (χ3n) is 12.3. The Labute approximate surface area is 370 Å². The molecule has 0 aliphatic heterocycles. The molecule has 0 spiro atoms. The van der Waals surface area contributed by atoms with E-state index in [1.807, 2.05) is 46.9 Å². The summed E-state index contributed by atoms with van der Waals surface area (Å²) in [7, 11) is 0. The summed E-state index contributed by atoms with van der Waals surface area (Å²) in [5, 5.41) is 7.51. The summed E-state index contributed by atoms with van der Waals surface area (Å²) in [6, 6.07) is 73.7. The van der Waals surface area contributed by atoms with Crippen LogP contribution in [0.15, 0.2) is 206 Å². The Morgan fingerprint density at radius 1 is 0.317 bits per heavy atom. The van der Waals surface area contributed by atoms with Gasteiger partial charge in [-0.2, -0.15) is 0 Å². The van der Waals surface area contributed by atoms with Gasteiger partial charge in [-0.1, -0.05) is 152 Å². The minimum atomic E-state index is 0.645. The molecule has 0 aliphatic rings. The van der Waals surface area contributed by atoms with Crippen LogP contribution in [-0.4, -0.2) is 19.5 Å². The fourth-order valence-corrected chi connectivity index (χ4v) is 11.7. The molecule has 0 fully saturated rings. The normalized spacial score (nSPS) is 11.8. The van der Waals surface area contributed by atoms with Crippen LogP contribution in [0.2, 0.25) is 0 Å². The summed E-state index contributed by atoms with van der Waals surface area (Å²) < 4.78 is 7.48. The Morgan fingerprint density at radius 3 is 1.65 bits per heavy atom. The second-order valence-corrected chi connectivity index (χ2v) is 18.1. The van der Waals surface area contributed by atoms with Gasteiger partial charge in [-0.3, -0.25) is 0 Å². The van der Waals surface area contributed by atoms with Gasteiger partial charge < -0.3 is 4.57 Å². The number of para-hydroxylation sites is 1. The number of aromatic nitrogens is 4. The van der Waals surface area contributed by atoms with Crippen molar-refractivity contribution in [3.63, 3.8) is 0 Å². The molecule has 9 aromatic carbocycles. The molecule has 0 N–H and O–H groups in total. The molecule has 294 valence electrons. The number of nitrogens with zero attached hydrogens (tertiary/aromatic N) is 4. The number of rotatable bonds is 6. The highest BCUT2D eigenvalue weighted by Crippen LogP contribution is 2.46. The van der Waals surface area contributed by atoms with Gasteiger partial charge in [0.25, 0.3) is 0 Å².